The van der Waals surface area contributed by atoms with Crippen molar-refractivity contribution in [3.05, 3.63) is 0 Å². The maximum atomic E-state index is 12.7. The number of esters is 2. The van der Waals surface area contributed by atoms with Gasteiger partial charge >= 0.3 is 19.8 Å². The van der Waals surface area contributed by atoms with Crippen LogP contribution in [0, 0.1) is 0 Å². The van der Waals surface area contributed by atoms with Crippen LogP contribution in [-0.2, 0) is 32.7 Å². The van der Waals surface area contributed by atoms with E-state index in [4.69, 9.17) is 18.5 Å². The van der Waals surface area contributed by atoms with Crippen LogP contribution in [0.4, 0.5) is 0 Å². The first-order valence-electron chi connectivity index (χ1n) is 20.3. The molecule has 13 nitrogen and oxygen atoms in total. The number of hydrogen-bond acceptors (Lipinski definition) is 12. The van der Waals surface area contributed by atoms with Crippen LogP contribution in [0.2, 0.25) is 0 Å². The van der Waals surface area contributed by atoms with Crippen LogP contribution in [-0.4, -0.2) is 98.3 Å². The highest BCUT2D eigenvalue weighted by Gasteiger charge is 2.51. The van der Waals surface area contributed by atoms with Gasteiger partial charge in [0.2, 0.25) is 0 Å². The Morgan fingerprint density at radius 3 is 1.27 bits per heavy atom. The Labute approximate surface area is 312 Å². The van der Waals surface area contributed by atoms with Crippen LogP contribution in [0.15, 0.2) is 0 Å². The summed E-state index contributed by atoms with van der Waals surface area (Å²) in [4.78, 5) is 35.4. The molecule has 0 radical (unpaired) electrons. The van der Waals surface area contributed by atoms with Crippen molar-refractivity contribution >= 4 is 19.8 Å². The standard InChI is InChI=1S/C38H73O13P/c1-3-5-7-9-11-13-15-17-18-20-22-24-26-31(39)48-28-30(50-32(40)27-25-23-21-19-16-14-12-10-8-6-4-2)29-49-52(46,47)51-38-36(44)34(42)33(41)35(43)37(38)45/h30,33-38,41-45H,3-29H2,1-2H3,(H,46,47)/t30-,33?,34-,35?,36?,37?,38?/m1/s1. The van der Waals surface area contributed by atoms with Crippen molar-refractivity contribution in [1.82, 2.24) is 0 Å². The first kappa shape index (κ1) is 48.9. The number of ether oxygens (including phenoxy) is 2. The molecule has 1 fully saturated rings. The largest absolute Gasteiger partial charge is 0.472 e. The Morgan fingerprint density at radius 2 is 0.865 bits per heavy atom. The molecule has 0 aromatic carbocycles. The average Bonchev–Trinajstić information content (AvgIpc) is 3.12. The third kappa shape index (κ3) is 22.9. The molecule has 1 aliphatic carbocycles. The molecule has 6 N–H and O–H groups in total. The van der Waals surface area contributed by atoms with Gasteiger partial charge in [0, 0.05) is 12.8 Å². The summed E-state index contributed by atoms with van der Waals surface area (Å²) in [7, 11) is -5.10. The van der Waals surface area contributed by atoms with Crippen molar-refractivity contribution in [2.45, 2.75) is 217 Å². The molecule has 0 spiro atoms. The number of aliphatic hydroxyl groups is 5. The second kappa shape index (κ2) is 30.1. The van der Waals surface area contributed by atoms with E-state index in [2.05, 4.69) is 13.8 Å². The van der Waals surface area contributed by atoms with Crippen LogP contribution in [0.25, 0.3) is 0 Å². The zero-order valence-corrected chi connectivity index (χ0v) is 33.0. The average molecular weight is 769 g/mol. The molecule has 14 heteroatoms. The topological polar surface area (TPSA) is 210 Å². The highest BCUT2D eigenvalue weighted by molar-refractivity contribution is 7.47. The van der Waals surface area contributed by atoms with Crippen molar-refractivity contribution < 1.29 is 63.1 Å². The van der Waals surface area contributed by atoms with Gasteiger partial charge in [-0.25, -0.2) is 4.57 Å². The number of rotatable bonds is 33. The van der Waals surface area contributed by atoms with Crippen molar-refractivity contribution in [1.29, 1.82) is 0 Å². The van der Waals surface area contributed by atoms with Gasteiger partial charge in [-0.3, -0.25) is 18.6 Å². The summed E-state index contributed by atoms with van der Waals surface area (Å²) in [6.45, 7) is 3.26. The van der Waals surface area contributed by atoms with E-state index < -0.39 is 75.7 Å². The van der Waals surface area contributed by atoms with E-state index in [1.54, 1.807) is 0 Å². The molecule has 8 atom stereocenters. The normalized spacial score (nSPS) is 23.6. The van der Waals surface area contributed by atoms with Crippen LogP contribution in [0.5, 0.6) is 0 Å². The Balaban J connectivity index is 2.52. The number of hydrogen-bond donors (Lipinski definition) is 6. The molecule has 1 aliphatic rings. The fourth-order valence-electron chi connectivity index (χ4n) is 6.35. The van der Waals surface area contributed by atoms with E-state index >= 15 is 0 Å². The molecule has 0 aromatic rings. The van der Waals surface area contributed by atoms with Gasteiger partial charge in [-0.1, -0.05) is 149 Å². The van der Waals surface area contributed by atoms with Gasteiger partial charge in [0.1, 0.15) is 43.2 Å². The van der Waals surface area contributed by atoms with E-state index in [-0.39, 0.29) is 12.8 Å². The van der Waals surface area contributed by atoms with Crippen molar-refractivity contribution in [2.24, 2.45) is 0 Å². The molecule has 0 aliphatic heterocycles. The Kier molecular flexibility index (Phi) is 28.3. The monoisotopic (exact) mass is 768 g/mol. The summed E-state index contributed by atoms with van der Waals surface area (Å²) < 4.78 is 33.3. The molecular formula is C38H73O13P. The van der Waals surface area contributed by atoms with E-state index in [1.165, 1.54) is 89.9 Å². The second-order valence-electron chi connectivity index (χ2n) is 14.5. The lowest BCUT2D eigenvalue weighted by molar-refractivity contribution is -0.220. The molecule has 0 heterocycles. The van der Waals surface area contributed by atoms with Gasteiger partial charge in [0.25, 0.3) is 0 Å². The van der Waals surface area contributed by atoms with E-state index in [1.807, 2.05) is 0 Å². The zero-order valence-electron chi connectivity index (χ0n) is 32.1. The summed E-state index contributed by atoms with van der Waals surface area (Å²) in [5, 5.41) is 49.9. The minimum absolute atomic E-state index is 0.103. The lowest BCUT2D eigenvalue weighted by Crippen LogP contribution is -2.64. The van der Waals surface area contributed by atoms with Gasteiger partial charge in [-0.05, 0) is 12.8 Å². The fraction of sp³-hybridized carbons (Fsp3) is 0.947. The molecule has 52 heavy (non-hydrogen) atoms. The molecule has 1 rings (SSSR count). The van der Waals surface area contributed by atoms with E-state index in [0.29, 0.717) is 12.8 Å². The molecule has 0 aromatic heterocycles. The lowest BCUT2D eigenvalue weighted by Gasteiger charge is -2.41. The molecule has 1 saturated carbocycles. The predicted octanol–water partition coefficient (Wildman–Crippen LogP) is 6.55. The van der Waals surface area contributed by atoms with Gasteiger partial charge in [-0.15, -0.1) is 0 Å². The van der Waals surface area contributed by atoms with Gasteiger partial charge in [-0.2, -0.15) is 0 Å². The maximum absolute atomic E-state index is 12.7. The summed E-state index contributed by atoms with van der Waals surface area (Å²) in [6.07, 6.45) is 13.2. The van der Waals surface area contributed by atoms with E-state index in [9.17, 15) is 44.6 Å². The highest BCUT2D eigenvalue weighted by Crippen LogP contribution is 2.47. The quantitative estimate of drug-likeness (QED) is 0.0238. The lowest BCUT2D eigenvalue weighted by atomic mass is 9.85. The Morgan fingerprint density at radius 1 is 0.519 bits per heavy atom. The fourth-order valence-corrected chi connectivity index (χ4v) is 7.32. The Bertz CT molecular complexity index is 938. The summed E-state index contributed by atoms with van der Waals surface area (Å²) in [5.41, 5.74) is 0. The van der Waals surface area contributed by atoms with E-state index in [0.717, 1.165) is 44.9 Å². The first-order chi connectivity index (χ1) is 24.9. The molecule has 0 bridgehead atoms. The SMILES string of the molecule is CCCCCCCCCCCCCCC(=O)OC[C@H](COP(=O)(O)OC1C(O)C(O)C(O)[C@@H](O)C1O)OC(=O)CCCCCCCCCCCCC. The zero-order chi connectivity index (χ0) is 38.6. The van der Waals surface area contributed by atoms with Crippen LogP contribution >= 0.6 is 7.82 Å². The van der Waals surface area contributed by atoms with Crippen molar-refractivity contribution in [3.8, 4) is 0 Å². The molecule has 0 amide bonds. The number of phosphoric acid groups is 1. The minimum atomic E-state index is -5.10. The molecular weight excluding hydrogens is 695 g/mol. The van der Waals surface area contributed by atoms with Crippen LogP contribution < -0.4 is 0 Å². The third-order valence-electron chi connectivity index (χ3n) is 9.70. The van der Waals surface area contributed by atoms with Crippen molar-refractivity contribution in [3.63, 3.8) is 0 Å². The van der Waals surface area contributed by atoms with Crippen molar-refractivity contribution in [2.75, 3.05) is 13.2 Å². The molecule has 0 saturated heterocycles. The minimum Gasteiger partial charge on any atom is -0.462 e. The summed E-state index contributed by atoms with van der Waals surface area (Å²) >= 11 is 0. The molecule has 308 valence electrons. The second-order valence-corrected chi connectivity index (χ2v) is 15.9. The van der Waals surface area contributed by atoms with Crippen LogP contribution in [0.3, 0.4) is 0 Å². The smallest absolute Gasteiger partial charge is 0.462 e. The summed E-state index contributed by atoms with van der Waals surface area (Å²) in [5.74, 6) is -1.09. The number of unbranched alkanes of at least 4 members (excludes halogenated alkanes) is 21. The maximum Gasteiger partial charge on any atom is 0.472 e. The molecule has 6 unspecified atom stereocenters. The van der Waals surface area contributed by atoms with Gasteiger partial charge < -0.3 is 39.9 Å². The number of phosphoric ester groups is 1. The Hall–Kier alpha value is -1.15. The van der Waals surface area contributed by atoms with Gasteiger partial charge in [0.15, 0.2) is 6.10 Å². The third-order valence-corrected chi connectivity index (χ3v) is 10.7. The van der Waals surface area contributed by atoms with Crippen LogP contribution in [0.1, 0.15) is 174 Å². The highest BCUT2D eigenvalue weighted by atomic mass is 31.2. The number of carbonyl (C=O) groups is 2. The first-order valence-corrected chi connectivity index (χ1v) is 21.8. The summed E-state index contributed by atoms with van der Waals surface area (Å²) in [6, 6.07) is 0. The number of carbonyl (C=O) groups excluding carboxylic acids is 2. The number of aliphatic hydroxyl groups excluding tert-OH is 5. The predicted molar refractivity (Wildman–Crippen MR) is 198 cm³/mol. The van der Waals surface area contributed by atoms with Gasteiger partial charge in [0.05, 0.1) is 6.61 Å².